The van der Waals surface area contributed by atoms with Crippen LogP contribution in [0.3, 0.4) is 0 Å². The van der Waals surface area contributed by atoms with Crippen molar-refractivity contribution in [3.8, 4) is 5.75 Å². The van der Waals surface area contributed by atoms with Crippen LogP contribution in [0.4, 0.5) is 0 Å². The highest BCUT2D eigenvalue weighted by molar-refractivity contribution is 7.89. The van der Waals surface area contributed by atoms with E-state index in [9.17, 15) is 13.2 Å². The van der Waals surface area contributed by atoms with Crippen LogP contribution in [0.2, 0.25) is 0 Å². The Bertz CT molecular complexity index is 1120. The number of ether oxygens (including phenoxy) is 1. The Balaban J connectivity index is 1.87. The van der Waals surface area contributed by atoms with Crippen molar-refractivity contribution in [2.24, 2.45) is 0 Å². The molecule has 0 unspecified atom stereocenters. The number of piperidine rings is 1. The van der Waals surface area contributed by atoms with Crippen LogP contribution in [0, 0.1) is 13.8 Å². The van der Waals surface area contributed by atoms with Gasteiger partial charge in [-0.1, -0.05) is 26.3 Å². The molecule has 1 N–H and O–H groups in total. The molecule has 1 heterocycles. The van der Waals surface area contributed by atoms with Crippen LogP contribution in [0.1, 0.15) is 84.6 Å². The van der Waals surface area contributed by atoms with Crippen molar-refractivity contribution >= 4 is 15.9 Å². The molecule has 1 aliphatic heterocycles. The fourth-order valence-electron chi connectivity index (χ4n) is 4.42. The van der Waals surface area contributed by atoms with E-state index in [1.54, 1.807) is 19.2 Å². The van der Waals surface area contributed by atoms with Gasteiger partial charge in [-0.15, -0.1) is 0 Å². The number of benzene rings is 2. The maximum Gasteiger partial charge on any atom is 0.252 e. The topological polar surface area (TPSA) is 75.7 Å². The van der Waals surface area contributed by atoms with Crippen molar-refractivity contribution in [2.75, 3.05) is 20.2 Å². The van der Waals surface area contributed by atoms with Gasteiger partial charge in [0, 0.05) is 18.7 Å². The predicted molar refractivity (Wildman–Crippen MR) is 131 cm³/mol. The van der Waals surface area contributed by atoms with E-state index in [0.717, 1.165) is 47.3 Å². The van der Waals surface area contributed by atoms with Crippen LogP contribution < -0.4 is 10.1 Å². The molecule has 1 saturated heterocycles. The van der Waals surface area contributed by atoms with Crippen molar-refractivity contribution in [2.45, 2.75) is 70.7 Å². The molecule has 33 heavy (non-hydrogen) atoms. The zero-order valence-electron chi connectivity index (χ0n) is 20.6. The highest BCUT2D eigenvalue weighted by atomic mass is 32.2. The lowest BCUT2D eigenvalue weighted by Gasteiger charge is -2.26. The Morgan fingerprint density at radius 3 is 2.24 bits per heavy atom. The number of nitrogens with one attached hydrogen (secondary N) is 1. The maximum absolute atomic E-state index is 13.2. The summed E-state index contributed by atoms with van der Waals surface area (Å²) in [4.78, 5) is 13.4. The van der Waals surface area contributed by atoms with Crippen LogP contribution in [-0.2, 0) is 10.0 Å². The van der Waals surface area contributed by atoms with E-state index >= 15 is 0 Å². The van der Waals surface area contributed by atoms with Gasteiger partial charge in [0.1, 0.15) is 5.75 Å². The summed E-state index contributed by atoms with van der Waals surface area (Å²) < 4.78 is 33.3. The number of methoxy groups -OCH3 is 1. The number of aryl methyl sites for hydroxylation is 2. The first-order valence-electron chi connectivity index (χ1n) is 11.7. The number of carbonyl (C=O) groups excluding carboxylic acids is 1. The summed E-state index contributed by atoms with van der Waals surface area (Å²) in [5.74, 6) is 0.842. The molecule has 2 aromatic carbocycles. The molecule has 180 valence electrons. The molecule has 6 nitrogen and oxygen atoms in total. The Hall–Kier alpha value is -2.38. The summed E-state index contributed by atoms with van der Waals surface area (Å²) in [6, 6.07) is 8.68. The molecule has 0 spiro atoms. The van der Waals surface area contributed by atoms with Crippen LogP contribution in [-0.4, -0.2) is 38.8 Å². The van der Waals surface area contributed by atoms with E-state index in [1.807, 2.05) is 26.8 Å². The molecule has 1 aliphatic rings. The van der Waals surface area contributed by atoms with Gasteiger partial charge >= 0.3 is 0 Å². The molecule has 3 rings (SSSR count). The highest BCUT2D eigenvalue weighted by Gasteiger charge is 2.27. The Morgan fingerprint density at radius 2 is 1.64 bits per heavy atom. The predicted octanol–water partition coefficient (Wildman–Crippen LogP) is 5.10. The number of sulfonamides is 1. The van der Waals surface area contributed by atoms with Gasteiger partial charge in [0.05, 0.1) is 18.0 Å². The SMILES string of the molecule is COc1cc(C)c([C@@H](C)NC(=O)c2cc(S(=O)(=O)N3CCCCC3)ccc2C)cc1C(C)C. The Kier molecular flexibility index (Phi) is 7.85. The number of rotatable bonds is 7. The lowest BCUT2D eigenvalue weighted by Crippen LogP contribution is -2.36. The summed E-state index contributed by atoms with van der Waals surface area (Å²) in [6.45, 7) is 11.1. The molecular formula is C26H36N2O4S. The second kappa shape index (κ2) is 10.3. The van der Waals surface area contributed by atoms with Crippen LogP contribution in [0.25, 0.3) is 0 Å². The van der Waals surface area contributed by atoms with Crippen molar-refractivity contribution in [3.63, 3.8) is 0 Å². The van der Waals surface area contributed by atoms with Crippen molar-refractivity contribution in [1.82, 2.24) is 9.62 Å². The molecule has 0 saturated carbocycles. The molecular weight excluding hydrogens is 436 g/mol. The largest absolute Gasteiger partial charge is 0.496 e. The first-order valence-corrected chi connectivity index (χ1v) is 13.1. The third-order valence-corrected chi connectivity index (χ3v) is 8.36. The normalized spacial score (nSPS) is 16.0. The highest BCUT2D eigenvalue weighted by Crippen LogP contribution is 2.32. The van der Waals surface area contributed by atoms with Gasteiger partial charge < -0.3 is 10.1 Å². The zero-order chi connectivity index (χ0) is 24.3. The molecule has 1 atom stereocenters. The lowest BCUT2D eigenvalue weighted by molar-refractivity contribution is 0.0939. The molecule has 2 aromatic rings. The van der Waals surface area contributed by atoms with Crippen molar-refractivity contribution in [1.29, 1.82) is 0 Å². The maximum atomic E-state index is 13.2. The lowest BCUT2D eigenvalue weighted by atomic mass is 9.93. The quantitative estimate of drug-likeness (QED) is 0.608. The first kappa shape index (κ1) is 25.2. The molecule has 0 bridgehead atoms. The minimum atomic E-state index is -3.61. The van der Waals surface area contributed by atoms with E-state index < -0.39 is 10.0 Å². The Morgan fingerprint density at radius 1 is 0.970 bits per heavy atom. The van der Waals surface area contributed by atoms with E-state index in [0.29, 0.717) is 18.7 Å². The molecule has 0 aromatic heterocycles. The third-order valence-electron chi connectivity index (χ3n) is 6.46. The van der Waals surface area contributed by atoms with E-state index in [1.165, 1.54) is 10.4 Å². The fraction of sp³-hybridized carbons (Fsp3) is 0.500. The Labute approximate surface area is 198 Å². The molecule has 0 aliphatic carbocycles. The van der Waals surface area contributed by atoms with Gasteiger partial charge in [-0.25, -0.2) is 8.42 Å². The standard InChI is InChI=1S/C26H36N2O4S/c1-17(2)22-16-23(19(4)14-25(22)32-6)20(5)27-26(29)24-15-21(11-10-18(24)3)33(30,31)28-12-8-7-9-13-28/h10-11,14-17,20H,7-9,12-13H2,1-6H3,(H,27,29)/t20-/m1/s1. The smallest absolute Gasteiger partial charge is 0.252 e. The number of hydrogen-bond donors (Lipinski definition) is 1. The zero-order valence-corrected chi connectivity index (χ0v) is 21.4. The molecule has 1 fully saturated rings. The average Bonchev–Trinajstić information content (AvgIpc) is 2.79. The molecule has 0 radical (unpaired) electrons. The average molecular weight is 473 g/mol. The van der Waals surface area contributed by atoms with Crippen molar-refractivity contribution in [3.05, 3.63) is 58.1 Å². The molecule has 1 amide bonds. The minimum absolute atomic E-state index is 0.176. The second-order valence-electron chi connectivity index (χ2n) is 9.24. The minimum Gasteiger partial charge on any atom is -0.496 e. The third kappa shape index (κ3) is 5.41. The summed E-state index contributed by atoms with van der Waals surface area (Å²) in [6.07, 6.45) is 2.79. The number of nitrogens with zero attached hydrogens (tertiary/aromatic N) is 1. The summed E-state index contributed by atoms with van der Waals surface area (Å²) >= 11 is 0. The van der Waals surface area contributed by atoms with Gasteiger partial charge in [0.25, 0.3) is 5.91 Å². The van der Waals surface area contributed by atoms with Crippen LogP contribution in [0.5, 0.6) is 5.75 Å². The fourth-order valence-corrected chi connectivity index (χ4v) is 5.97. The monoisotopic (exact) mass is 472 g/mol. The van der Waals surface area contributed by atoms with E-state index in [-0.39, 0.29) is 22.8 Å². The number of carbonyl (C=O) groups is 1. The van der Waals surface area contributed by atoms with Gasteiger partial charge in [-0.2, -0.15) is 4.31 Å². The van der Waals surface area contributed by atoms with Crippen molar-refractivity contribution < 1.29 is 17.9 Å². The second-order valence-corrected chi connectivity index (χ2v) is 11.2. The van der Waals surface area contributed by atoms with Gasteiger partial charge in [-0.05, 0) is 86.1 Å². The van der Waals surface area contributed by atoms with Crippen LogP contribution in [0.15, 0.2) is 35.2 Å². The van der Waals surface area contributed by atoms with E-state index in [4.69, 9.17) is 4.74 Å². The van der Waals surface area contributed by atoms with E-state index in [2.05, 4.69) is 25.2 Å². The first-order chi connectivity index (χ1) is 15.6. The van der Waals surface area contributed by atoms with Gasteiger partial charge in [-0.3, -0.25) is 4.79 Å². The van der Waals surface area contributed by atoms with Gasteiger partial charge in [0.15, 0.2) is 0 Å². The molecule has 7 heteroatoms. The summed E-state index contributed by atoms with van der Waals surface area (Å²) in [5.41, 5.74) is 4.26. The van der Waals surface area contributed by atoms with Gasteiger partial charge in [0.2, 0.25) is 10.0 Å². The summed E-state index contributed by atoms with van der Waals surface area (Å²) in [7, 11) is -1.94. The number of amides is 1. The summed E-state index contributed by atoms with van der Waals surface area (Å²) in [5, 5.41) is 3.07. The number of hydrogen-bond acceptors (Lipinski definition) is 4. The van der Waals surface area contributed by atoms with Crippen LogP contribution >= 0.6 is 0 Å².